The predicted molar refractivity (Wildman–Crippen MR) is 60.9 cm³/mol. The summed E-state index contributed by atoms with van der Waals surface area (Å²) in [5, 5.41) is 28.1. The van der Waals surface area contributed by atoms with Crippen LogP contribution < -0.4 is 5.32 Å². The molecule has 0 fully saturated rings. The van der Waals surface area contributed by atoms with E-state index in [0.717, 1.165) is 0 Å². The van der Waals surface area contributed by atoms with Gasteiger partial charge in [0.1, 0.15) is 10.7 Å². The Morgan fingerprint density at radius 2 is 2.19 bits per heavy atom. The highest BCUT2D eigenvalue weighted by atomic mass is 35.5. The molecule has 0 rings (SSSR count). The molecule has 0 atom stereocenters. The molecule has 2 N–H and O–H groups in total. The minimum absolute atomic E-state index is 0.0764. The maximum atomic E-state index is 10.7. The maximum Gasteiger partial charge on any atom is 0.325 e. The number of hydrogen-bond donors (Lipinski definition) is 2. The van der Waals surface area contributed by atoms with Crippen molar-refractivity contribution >= 4 is 28.4 Å². The van der Waals surface area contributed by atoms with E-state index >= 15 is 0 Å². The van der Waals surface area contributed by atoms with E-state index in [4.69, 9.17) is 33.9 Å². The van der Waals surface area contributed by atoms with Gasteiger partial charge in [-0.15, -0.1) is 0 Å². The summed E-state index contributed by atoms with van der Waals surface area (Å²) >= 11 is 11.1. The summed E-state index contributed by atoms with van der Waals surface area (Å²) in [7, 11) is 0. The Morgan fingerprint density at radius 1 is 1.69 bits per heavy atom. The van der Waals surface area contributed by atoms with Crippen molar-refractivity contribution in [1.82, 2.24) is 5.32 Å². The molecule has 88 valence electrons. The molecule has 0 aromatic rings. The Bertz CT molecular complexity index is 362. The number of nitrogens with one attached hydrogen (secondary N) is 2. The average Bonchev–Trinajstić information content (AvgIpc) is 1.99. The molecule has 16 heavy (non-hydrogen) atoms. The molecular formula is C8H10Cl2N4O2. The van der Waals surface area contributed by atoms with E-state index in [1.807, 2.05) is 0 Å². The summed E-state index contributed by atoms with van der Waals surface area (Å²) in [6, 6.07) is 1.74. The van der Waals surface area contributed by atoms with Crippen LogP contribution in [0.15, 0.2) is 11.4 Å². The Kier molecular flexibility index (Phi) is 5.21. The molecule has 8 heteroatoms. The number of nitro groups is 1. The van der Waals surface area contributed by atoms with Gasteiger partial charge in [0.25, 0.3) is 0 Å². The second-order valence-corrected chi connectivity index (χ2v) is 4.65. The Balaban J connectivity index is 5.43. The van der Waals surface area contributed by atoms with Crippen molar-refractivity contribution in [2.45, 2.75) is 25.3 Å². The quantitative estimate of drug-likeness (QED) is 0.261. The second kappa shape index (κ2) is 5.68. The molecule has 0 bridgehead atoms. The lowest BCUT2D eigenvalue weighted by Gasteiger charge is -2.20. The van der Waals surface area contributed by atoms with Gasteiger partial charge in [0, 0.05) is 0 Å². The van der Waals surface area contributed by atoms with Crippen LogP contribution in [0.5, 0.6) is 0 Å². The van der Waals surface area contributed by atoms with Gasteiger partial charge in [-0.3, -0.25) is 15.5 Å². The van der Waals surface area contributed by atoms with Crippen molar-refractivity contribution in [2.24, 2.45) is 0 Å². The molecule has 0 heterocycles. The lowest BCUT2D eigenvalue weighted by molar-refractivity contribution is -0.416. The molecule has 0 aliphatic rings. The smallest absolute Gasteiger partial charge is 0.325 e. The summed E-state index contributed by atoms with van der Waals surface area (Å²) < 4.78 is 0. The maximum absolute atomic E-state index is 10.7. The van der Waals surface area contributed by atoms with Crippen LogP contribution in [0.3, 0.4) is 0 Å². The number of nitrogens with zero attached hydrogens (tertiary/aromatic N) is 2. The van der Waals surface area contributed by atoms with Crippen LogP contribution in [0.1, 0.15) is 20.3 Å². The van der Waals surface area contributed by atoms with E-state index in [0.29, 0.717) is 0 Å². The van der Waals surface area contributed by atoms with Gasteiger partial charge in [0.2, 0.25) is 5.17 Å². The molecule has 0 aromatic heterocycles. The monoisotopic (exact) mass is 264 g/mol. The van der Waals surface area contributed by atoms with Crippen molar-refractivity contribution in [3.63, 3.8) is 0 Å². The fourth-order valence-corrected chi connectivity index (χ4v) is 1.24. The molecule has 0 amide bonds. The minimum Gasteiger partial charge on any atom is -0.364 e. The van der Waals surface area contributed by atoms with E-state index in [9.17, 15) is 10.1 Å². The summed E-state index contributed by atoms with van der Waals surface area (Å²) in [4.78, 5) is 8.88. The van der Waals surface area contributed by atoms with Gasteiger partial charge in [-0.2, -0.15) is 5.26 Å². The van der Waals surface area contributed by atoms with Crippen LogP contribution in [0.25, 0.3) is 0 Å². The molecule has 0 radical (unpaired) electrons. The number of halogens is 2. The predicted octanol–water partition coefficient (Wildman–Crippen LogP) is 2.17. The SMILES string of the molecule is CC(C)(Cl)NC(CC#N)=C(C(=N)Cl)[N+](=O)[O-]. The molecule has 0 aliphatic carbocycles. The zero-order valence-electron chi connectivity index (χ0n) is 8.67. The van der Waals surface area contributed by atoms with Gasteiger partial charge in [-0.1, -0.05) is 23.2 Å². The number of nitriles is 1. The zero-order valence-corrected chi connectivity index (χ0v) is 10.2. The largest absolute Gasteiger partial charge is 0.364 e. The van der Waals surface area contributed by atoms with Gasteiger partial charge in [-0.25, -0.2) is 0 Å². The van der Waals surface area contributed by atoms with Crippen molar-refractivity contribution in [1.29, 1.82) is 10.7 Å². The van der Waals surface area contributed by atoms with E-state index in [1.165, 1.54) is 0 Å². The Morgan fingerprint density at radius 3 is 2.44 bits per heavy atom. The van der Waals surface area contributed by atoms with Crippen molar-refractivity contribution in [3.05, 3.63) is 21.5 Å². The summed E-state index contributed by atoms with van der Waals surface area (Å²) in [6.45, 7) is 3.11. The highest BCUT2D eigenvalue weighted by molar-refractivity contribution is 6.68. The van der Waals surface area contributed by atoms with E-state index < -0.39 is 20.8 Å². The molecule has 0 unspecified atom stereocenters. The molecule has 0 aromatic carbocycles. The van der Waals surface area contributed by atoms with Crippen LogP contribution in [-0.4, -0.2) is 15.1 Å². The topological polar surface area (TPSA) is 103 Å². The van der Waals surface area contributed by atoms with Crippen LogP contribution in [0.4, 0.5) is 0 Å². The van der Waals surface area contributed by atoms with Gasteiger partial charge >= 0.3 is 5.70 Å². The zero-order chi connectivity index (χ0) is 12.9. The number of rotatable bonds is 5. The van der Waals surface area contributed by atoms with Crippen LogP contribution in [-0.2, 0) is 0 Å². The first-order chi connectivity index (χ1) is 7.19. The highest BCUT2D eigenvalue weighted by Gasteiger charge is 2.26. The first kappa shape index (κ1) is 14.7. The third-order valence-electron chi connectivity index (χ3n) is 1.38. The Labute approximate surface area is 102 Å². The summed E-state index contributed by atoms with van der Waals surface area (Å²) in [6.07, 6.45) is -0.276. The van der Waals surface area contributed by atoms with Gasteiger partial charge in [-0.05, 0) is 13.8 Å². The van der Waals surface area contributed by atoms with E-state index in [1.54, 1.807) is 19.9 Å². The molecule has 0 saturated heterocycles. The fraction of sp³-hybridized carbons (Fsp3) is 0.500. The van der Waals surface area contributed by atoms with Crippen LogP contribution in [0, 0.1) is 26.9 Å². The first-order valence-corrected chi connectivity index (χ1v) is 4.90. The molecule has 6 nitrogen and oxygen atoms in total. The van der Waals surface area contributed by atoms with Crippen LogP contribution >= 0.6 is 23.2 Å². The lowest BCUT2D eigenvalue weighted by Crippen LogP contribution is -2.34. The summed E-state index contributed by atoms with van der Waals surface area (Å²) in [5.41, 5.74) is -0.718. The molecule has 0 saturated carbocycles. The third-order valence-corrected chi connectivity index (χ3v) is 1.65. The number of alkyl halides is 1. The second-order valence-electron chi connectivity index (χ2n) is 3.33. The van der Waals surface area contributed by atoms with E-state index in [2.05, 4.69) is 5.32 Å². The van der Waals surface area contributed by atoms with Crippen molar-refractivity contribution in [3.8, 4) is 6.07 Å². The van der Waals surface area contributed by atoms with E-state index in [-0.39, 0.29) is 12.1 Å². The number of hydrogen-bond acceptors (Lipinski definition) is 5. The normalized spacial score (nSPS) is 12.4. The highest BCUT2D eigenvalue weighted by Crippen LogP contribution is 2.17. The minimum atomic E-state index is -0.972. The van der Waals surface area contributed by atoms with Gasteiger partial charge < -0.3 is 5.32 Å². The summed E-state index contributed by atoms with van der Waals surface area (Å²) in [5.74, 6) is 0. The number of allylic oxidation sites excluding steroid dienone is 2. The van der Waals surface area contributed by atoms with Crippen molar-refractivity contribution < 1.29 is 4.92 Å². The fourth-order valence-electron chi connectivity index (χ4n) is 0.948. The molecule has 0 spiro atoms. The van der Waals surface area contributed by atoms with Crippen molar-refractivity contribution in [2.75, 3.05) is 0 Å². The van der Waals surface area contributed by atoms with Crippen LogP contribution in [0.2, 0.25) is 0 Å². The lowest BCUT2D eigenvalue weighted by atomic mass is 10.2. The Hall–Kier alpha value is -1.32. The van der Waals surface area contributed by atoms with Gasteiger partial charge in [0.05, 0.1) is 17.4 Å². The third kappa shape index (κ3) is 4.96. The van der Waals surface area contributed by atoms with Gasteiger partial charge in [0.15, 0.2) is 0 Å². The first-order valence-electron chi connectivity index (χ1n) is 4.15. The molecule has 0 aliphatic heterocycles. The standard InChI is InChI=1S/C8H10Cl2N4O2/c1-8(2,10)13-5(3-4-11)6(7(9)12)14(15)16/h12-13H,3H2,1-2H3. The molecular weight excluding hydrogens is 255 g/mol. The average molecular weight is 265 g/mol.